The van der Waals surface area contributed by atoms with Crippen LogP contribution < -0.4 is 4.74 Å². The van der Waals surface area contributed by atoms with Gasteiger partial charge in [-0.1, -0.05) is 0 Å². The molecule has 0 unspecified atom stereocenters. The van der Waals surface area contributed by atoms with Gasteiger partial charge in [0.15, 0.2) is 5.69 Å². The molecular formula is C8H10N2O3. The fourth-order valence-electron chi connectivity index (χ4n) is 0.749. The zero-order valence-electron chi connectivity index (χ0n) is 7.39. The van der Waals surface area contributed by atoms with Gasteiger partial charge in [0.1, 0.15) is 0 Å². The van der Waals surface area contributed by atoms with Crippen LogP contribution in [0.4, 0.5) is 0 Å². The van der Waals surface area contributed by atoms with Gasteiger partial charge in [-0.2, -0.15) is 0 Å². The molecule has 0 saturated carbocycles. The predicted octanol–water partition coefficient (Wildman–Crippen LogP) is 0.962. The summed E-state index contributed by atoms with van der Waals surface area (Å²) in [6.45, 7) is 3.66. The van der Waals surface area contributed by atoms with Crippen LogP contribution >= 0.6 is 0 Å². The van der Waals surface area contributed by atoms with Gasteiger partial charge >= 0.3 is 5.97 Å². The van der Waals surface area contributed by atoms with Crippen LogP contribution in [0.2, 0.25) is 0 Å². The molecule has 70 valence electrons. The third-order valence-corrected chi connectivity index (χ3v) is 1.19. The van der Waals surface area contributed by atoms with Gasteiger partial charge in [-0.05, 0) is 13.8 Å². The Morgan fingerprint density at radius 2 is 2.23 bits per heavy atom. The first-order valence-electron chi connectivity index (χ1n) is 3.81. The molecule has 0 fully saturated rings. The van der Waals surface area contributed by atoms with Gasteiger partial charge in [0.25, 0.3) is 0 Å². The van der Waals surface area contributed by atoms with Crippen LogP contribution in [0, 0.1) is 0 Å². The minimum Gasteiger partial charge on any atom is -0.476 e. The van der Waals surface area contributed by atoms with E-state index in [1.165, 1.54) is 12.4 Å². The van der Waals surface area contributed by atoms with Gasteiger partial charge in [-0.3, -0.25) is 4.98 Å². The minimum absolute atomic E-state index is 0.0432. The van der Waals surface area contributed by atoms with Gasteiger partial charge in [0, 0.05) is 0 Å². The highest BCUT2D eigenvalue weighted by atomic mass is 16.5. The molecule has 1 heterocycles. The zero-order chi connectivity index (χ0) is 9.84. The summed E-state index contributed by atoms with van der Waals surface area (Å²) in [6.07, 6.45) is 2.51. The molecule has 0 aliphatic heterocycles. The lowest BCUT2D eigenvalue weighted by Crippen LogP contribution is -2.09. The Kier molecular flexibility index (Phi) is 2.79. The van der Waals surface area contributed by atoms with Crippen LogP contribution in [0.5, 0.6) is 5.88 Å². The molecule has 1 rings (SSSR count). The number of carbonyl (C=O) groups is 1. The topological polar surface area (TPSA) is 72.3 Å². The second kappa shape index (κ2) is 3.84. The highest BCUT2D eigenvalue weighted by molar-refractivity contribution is 5.84. The average molecular weight is 182 g/mol. The second-order valence-electron chi connectivity index (χ2n) is 2.71. The van der Waals surface area contributed by atoms with E-state index in [1.54, 1.807) is 0 Å². The van der Waals surface area contributed by atoms with Crippen molar-refractivity contribution in [2.75, 3.05) is 0 Å². The van der Waals surface area contributed by atoms with E-state index in [1.807, 2.05) is 13.8 Å². The van der Waals surface area contributed by atoms with E-state index >= 15 is 0 Å². The summed E-state index contributed by atoms with van der Waals surface area (Å²) in [6, 6.07) is 0. The minimum atomic E-state index is -1.11. The van der Waals surface area contributed by atoms with Crippen molar-refractivity contribution in [2.24, 2.45) is 0 Å². The number of aromatic carboxylic acids is 1. The summed E-state index contributed by atoms with van der Waals surface area (Å²) in [4.78, 5) is 17.9. The summed E-state index contributed by atoms with van der Waals surface area (Å²) in [7, 11) is 0. The standard InChI is InChI=1S/C8H10N2O3/c1-5(2)13-7-4-9-3-6(10-7)8(11)12/h3-5H,1-2H3,(H,11,12). The van der Waals surface area contributed by atoms with E-state index < -0.39 is 5.97 Å². The number of aromatic nitrogens is 2. The Morgan fingerprint density at radius 1 is 1.54 bits per heavy atom. The van der Waals surface area contributed by atoms with Gasteiger partial charge in [0.2, 0.25) is 5.88 Å². The Labute approximate surface area is 75.4 Å². The molecule has 0 aromatic carbocycles. The Balaban J connectivity index is 2.85. The summed E-state index contributed by atoms with van der Waals surface area (Å²) in [5.41, 5.74) is -0.113. The van der Waals surface area contributed by atoms with E-state index in [-0.39, 0.29) is 17.7 Å². The molecule has 0 amide bonds. The van der Waals surface area contributed by atoms with E-state index in [0.29, 0.717) is 0 Å². The molecule has 0 spiro atoms. The SMILES string of the molecule is CC(C)Oc1cncc(C(=O)O)n1. The van der Waals surface area contributed by atoms with Gasteiger partial charge in [-0.25, -0.2) is 9.78 Å². The molecule has 0 aliphatic carbocycles. The Hall–Kier alpha value is -1.65. The molecule has 5 heteroatoms. The normalized spacial score (nSPS) is 10.1. The monoisotopic (exact) mass is 182 g/mol. The fraction of sp³-hybridized carbons (Fsp3) is 0.375. The first-order valence-corrected chi connectivity index (χ1v) is 3.81. The summed E-state index contributed by atoms with van der Waals surface area (Å²) in [5, 5.41) is 8.59. The lowest BCUT2D eigenvalue weighted by molar-refractivity contribution is 0.0687. The van der Waals surface area contributed by atoms with E-state index in [0.717, 1.165) is 0 Å². The number of ether oxygens (including phenoxy) is 1. The Bertz CT molecular complexity index is 312. The maximum Gasteiger partial charge on any atom is 0.356 e. The first-order chi connectivity index (χ1) is 6.09. The Morgan fingerprint density at radius 3 is 2.77 bits per heavy atom. The van der Waals surface area contributed by atoms with Crippen LogP contribution in [-0.4, -0.2) is 27.1 Å². The predicted molar refractivity (Wildman–Crippen MR) is 44.8 cm³/mol. The van der Waals surface area contributed by atoms with Crippen molar-refractivity contribution >= 4 is 5.97 Å². The maximum atomic E-state index is 10.5. The summed E-state index contributed by atoms with van der Waals surface area (Å²) >= 11 is 0. The molecular weight excluding hydrogens is 172 g/mol. The van der Waals surface area contributed by atoms with Crippen molar-refractivity contribution in [2.45, 2.75) is 20.0 Å². The molecule has 13 heavy (non-hydrogen) atoms. The van der Waals surface area contributed by atoms with Gasteiger partial charge in [-0.15, -0.1) is 0 Å². The third-order valence-electron chi connectivity index (χ3n) is 1.19. The first kappa shape index (κ1) is 9.44. The fourth-order valence-corrected chi connectivity index (χ4v) is 0.749. The second-order valence-corrected chi connectivity index (χ2v) is 2.71. The smallest absolute Gasteiger partial charge is 0.356 e. The van der Waals surface area contributed by atoms with Crippen molar-refractivity contribution in [3.8, 4) is 5.88 Å². The number of carboxylic acid groups (broad SMARTS) is 1. The largest absolute Gasteiger partial charge is 0.476 e. The quantitative estimate of drug-likeness (QED) is 0.753. The number of rotatable bonds is 3. The van der Waals surface area contributed by atoms with Crippen molar-refractivity contribution < 1.29 is 14.6 Å². The van der Waals surface area contributed by atoms with Gasteiger partial charge in [0.05, 0.1) is 18.5 Å². The molecule has 5 nitrogen and oxygen atoms in total. The lowest BCUT2D eigenvalue weighted by Gasteiger charge is -2.07. The van der Waals surface area contributed by atoms with Crippen LogP contribution in [0.25, 0.3) is 0 Å². The highest BCUT2D eigenvalue weighted by Crippen LogP contribution is 2.06. The van der Waals surface area contributed by atoms with E-state index in [4.69, 9.17) is 9.84 Å². The molecule has 1 N–H and O–H groups in total. The van der Waals surface area contributed by atoms with Crippen LogP contribution in [0.1, 0.15) is 24.3 Å². The number of hydrogen-bond acceptors (Lipinski definition) is 4. The number of nitrogens with zero attached hydrogens (tertiary/aromatic N) is 2. The van der Waals surface area contributed by atoms with Crippen LogP contribution in [0.15, 0.2) is 12.4 Å². The number of hydrogen-bond donors (Lipinski definition) is 1. The highest BCUT2D eigenvalue weighted by Gasteiger charge is 2.07. The van der Waals surface area contributed by atoms with Crippen LogP contribution in [-0.2, 0) is 0 Å². The van der Waals surface area contributed by atoms with Gasteiger partial charge < -0.3 is 9.84 Å². The molecule has 0 aliphatic rings. The summed E-state index contributed by atoms with van der Waals surface area (Å²) in [5.74, 6) is -0.878. The molecule has 1 aromatic rings. The third kappa shape index (κ3) is 2.70. The van der Waals surface area contributed by atoms with E-state index in [2.05, 4.69) is 9.97 Å². The average Bonchev–Trinajstić information content (AvgIpc) is 2.03. The van der Waals surface area contributed by atoms with Crippen molar-refractivity contribution in [3.05, 3.63) is 18.1 Å². The summed E-state index contributed by atoms with van der Waals surface area (Å²) < 4.78 is 5.17. The molecule has 0 atom stereocenters. The lowest BCUT2D eigenvalue weighted by atomic mass is 10.4. The molecule has 0 saturated heterocycles. The van der Waals surface area contributed by atoms with Crippen molar-refractivity contribution in [3.63, 3.8) is 0 Å². The van der Waals surface area contributed by atoms with Crippen molar-refractivity contribution in [1.29, 1.82) is 0 Å². The molecule has 0 bridgehead atoms. The molecule has 1 aromatic heterocycles. The van der Waals surface area contributed by atoms with E-state index in [9.17, 15) is 4.79 Å². The van der Waals surface area contributed by atoms with Crippen LogP contribution in [0.3, 0.4) is 0 Å². The maximum absolute atomic E-state index is 10.5. The zero-order valence-corrected chi connectivity index (χ0v) is 7.39. The number of carboxylic acids is 1. The molecule has 0 radical (unpaired) electrons. The van der Waals surface area contributed by atoms with Crippen molar-refractivity contribution in [1.82, 2.24) is 9.97 Å².